The maximum Gasteiger partial charge on any atom is 0.280 e. The zero-order valence-electron chi connectivity index (χ0n) is 26.7. The van der Waals surface area contributed by atoms with Crippen molar-refractivity contribution < 1.29 is 9.59 Å². The van der Waals surface area contributed by atoms with E-state index in [0.717, 1.165) is 12.8 Å². The predicted molar refractivity (Wildman–Crippen MR) is 192 cm³/mol. The van der Waals surface area contributed by atoms with Gasteiger partial charge in [0.25, 0.3) is 11.8 Å². The SMILES string of the molecule is NC(=NCCCCNc1nc(NCCCCN=C(N)NC(=O)c2nc(Cl)c(N)nc2N)nc(NC2CC2)n1)NC(=O)c1nc(Cl)c(N)nc1N. The molecule has 0 saturated heterocycles. The van der Waals surface area contributed by atoms with Crippen molar-refractivity contribution in [2.75, 3.05) is 65.1 Å². The molecule has 0 aliphatic heterocycles. The van der Waals surface area contributed by atoms with E-state index in [1.54, 1.807) is 0 Å². The number of aromatic nitrogens is 7. The largest absolute Gasteiger partial charge is 0.382 e. The Morgan fingerprint density at radius 2 is 1.04 bits per heavy atom. The number of nitrogens with two attached hydrogens (primary N) is 6. The van der Waals surface area contributed by atoms with Crippen LogP contribution in [0.4, 0.5) is 41.1 Å². The first kappa shape index (κ1) is 37.1. The first-order valence-corrected chi connectivity index (χ1v) is 16.0. The third kappa shape index (κ3) is 11.4. The Morgan fingerprint density at radius 3 is 1.46 bits per heavy atom. The lowest BCUT2D eigenvalue weighted by Gasteiger charge is -2.11. The van der Waals surface area contributed by atoms with Crippen molar-refractivity contribution in [1.29, 1.82) is 0 Å². The second-order valence-electron chi connectivity index (χ2n) is 10.7. The van der Waals surface area contributed by atoms with E-state index < -0.39 is 11.8 Å². The van der Waals surface area contributed by atoms with Crippen LogP contribution in [0.1, 0.15) is 59.5 Å². The fourth-order valence-electron chi connectivity index (χ4n) is 3.93. The number of nitrogens with one attached hydrogen (secondary N) is 5. The first-order valence-electron chi connectivity index (χ1n) is 15.3. The number of guanidine groups is 2. The fourth-order valence-corrected chi connectivity index (χ4v) is 4.18. The van der Waals surface area contributed by atoms with Gasteiger partial charge in [0.1, 0.15) is 0 Å². The standard InChI is InChI=1S/C26H38Cl2N20O2/c27-14-18(31)42-16(29)12(40-14)20(49)44-22(33)35-7-1-3-9-37-24-46-25(48-26(47-24)39-11-5-6-11)38-10-4-2-8-36-23(34)45-21(50)13-17(30)43-19(32)15(28)41-13/h11H,1-10H2,(H4,29,31,42)(H4,30,32,43)(H3,33,35,44,49)(H3,34,36,45,50)(H3,37,38,39,46,47,48). The number of unbranched alkanes of at least 4 members (excludes halogenated alkanes) is 2. The first-order chi connectivity index (χ1) is 23.9. The molecule has 0 aromatic carbocycles. The third-order valence-corrected chi connectivity index (χ3v) is 7.13. The molecule has 1 aliphatic carbocycles. The van der Waals surface area contributed by atoms with Gasteiger partial charge in [0, 0.05) is 32.2 Å². The number of anilines is 7. The molecule has 2 amide bonds. The van der Waals surface area contributed by atoms with Crippen molar-refractivity contribution in [2.24, 2.45) is 21.5 Å². The normalized spacial score (nSPS) is 13.1. The number of hydrogen-bond acceptors (Lipinski definition) is 18. The van der Waals surface area contributed by atoms with Crippen LogP contribution < -0.4 is 61.0 Å². The summed E-state index contributed by atoms with van der Waals surface area (Å²) >= 11 is 11.6. The quantitative estimate of drug-likeness (QED) is 0.0503. The van der Waals surface area contributed by atoms with E-state index in [2.05, 4.69) is 71.5 Å². The summed E-state index contributed by atoms with van der Waals surface area (Å²) in [4.78, 5) is 61.6. The lowest BCUT2D eigenvalue weighted by Crippen LogP contribution is -2.38. The zero-order chi connectivity index (χ0) is 36.2. The third-order valence-electron chi connectivity index (χ3n) is 6.57. The van der Waals surface area contributed by atoms with Gasteiger partial charge >= 0.3 is 0 Å². The molecule has 0 spiro atoms. The molecule has 0 unspecified atom stereocenters. The van der Waals surface area contributed by atoms with Gasteiger partial charge in [-0.3, -0.25) is 30.2 Å². The van der Waals surface area contributed by atoms with Crippen molar-refractivity contribution in [3.63, 3.8) is 0 Å². The molecule has 0 bridgehead atoms. The maximum absolute atomic E-state index is 12.4. The van der Waals surface area contributed by atoms with E-state index in [1.165, 1.54) is 0 Å². The van der Waals surface area contributed by atoms with Gasteiger partial charge in [-0.05, 0) is 38.5 Å². The van der Waals surface area contributed by atoms with E-state index in [1.807, 2.05) is 0 Å². The predicted octanol–water partition coefficient (Wildman–Crippen LogP) is -0.465. The summed E-state index contributed by atoms with van der Waals surface area (Å²) in [7, 11) is 0. The fraction of sp³-hybridized carbons (Fsp3) is 0.423. The molecule has 22 nitrogen and oxygen atoms in total. The number of carbonyl (C=O) groups is 2. The van der Waals surface area contributed by atoms with Crippen LogP contribution in [0.5, 0.6) is 0 Å². The smallest absolute Gasteiger partial charge is 0.280 e. The van der Waals surface area contributed by atoms with Gasteiger partial charge in [-0.1, -0.05) is 23.2 Å². The lowest BCUT2D eigenvalue weighted by atomic mass is 10.3. The Morgan fingerprint density at radius 1 is 0.620 bits per heavy atom. The summed E-state index contributed by atoms with van der Waals surface area (Å²) in [5, 5.41) is 14.2. The Kier molecular flexibility index (Phi) is 13.0. The molecule has 0 radical (unpaired) electrons. The molecule has 0 atom stereocenters. The number of halogens is 2. The molecule has 24 heteroatoms. The second kappa shape index (κ2) is 17.6. The highest BCUT2D eigenvalue weighted by Gasteiger charge is 2.23. The Bertz CT molecular complexity index is 1640. The van der Waals surface area contributed by atoms with Crippen molar-refractivity contribution >= 4 is 88.1 Å². The minimum absolute atomic E-state index is 0.0895. The van der Waals surface area contributed by atoms with Crippen LogP contribution in [-0.2, 0) is 0 Å². The van der Waals surface area contributed by atoms with Gasteiger partial charge in [-0.25, -0.2) is 19.9 Å². The van der Waals surface area contributed by atoms with E-state index in [4.69, 9.17) is 57.6 Å². The minimum Gasteiger partial charge on any atom is -0.382 e. The molecule has 17 N–H and O–H groups in total. The van der Waals surface area contributed by atoms with E-state index in [0.29, 0.717) is 75.7 Å². The highest BCUT2D eigenvalue weighted by molar-refractivity contribution is 6.32. The minimum atomic E-state index is -0.710. The van der Waals surface area contributed by atoms with Gasteiger partial charge < -0.3 is 50.4 Å². The highest BCUT2D eigenvalue weighted by Crippen LogP contribution is 2.24. The number of nitrogen functional groups attached to an aromatic ring is 4. The van der Waals surface area contributed by atoms with E-state index >= 15 is 0 Å². The molecule has 268 valence electrons. The van der Waals surface area contributed by atoms with Crippen LogP contribution >= 0.6 is 23.2 Å². The topological polar surface area (TPSA) is 365 Å². The molecule has 1 fully saturated rings. The average molecular weight is 734 g/mol. The van der Waals surface area contributed by atoms with Crippen LogP contribution in [0.25, 0.3) is 0 Å². The van der Waals surface area contributed by atoms with Crippen LogP contribution in [0.15, 0.2) is 9.98 Å². The summed E-state index contributed by atoms with van der Waals surface area (Å²) in [6.07, 6.45) is 4.81. The Hall–Kier alpha value is -5.77. The molecular formula is C26H38Cl2N20O2. The van der Waals surface area contributed by atoms with E-state index in [9.17, 15) is 9.59 Å². The average Bonchev–Trinajstić information content (AvgIpc) is 3.87. The molecule has 1 aliphatic rings. The Labute approximate surface area is 295 Å². The number of hydrogen-bond donors (Lipinski definition) is 11. The van der Waals surface area contributed by atoms with Gasteiger partial charge in [-0.2, -0.15) is 15.0 Å². The van der Waals surface area contributed by atoms with Gasteiger partial charge in [0.2, 0.25) is 17.8 Å². The number of aliphatic imine (C=N–C) groups is 2. The summed E-state index contributed by atoms with van der Waals surface area (Å²) in [6.45, 7) is 1.78. The van der Waals surface area contributed by atoms with Crippen molar-refractivity contribution in [2.45, 2.75) is 44.6 Å². The monoisotopic (exact) mass is 732 g/mol. The number of carbonyl (C=O) groups excluding carboxylic acids is 2. The molecule has 1 saturated carbocycles. The summed E-state index contributed by atoms with van der Waals surface area (Å²) < 4.78 is 0. The molecule has 3 aromatic heterocycles. The molecule has 50 heavy (non-hydrogen) atoms. The van der Waals surface area contributed by atoms with Crippen LogP contribution in [0, 0.1) is 0 Å². The zero-order valence-corrected chi connectivity index (χ0v) is 28.2. The lowest BCUT2D eigenvalue weighted by molar-refractivity contribution is 0.0964. The number of rotatable bonds is 16. The van der Waals surface area contributed by atoms with Crippen molar-refractivity contribution in [3.05, 3.63) is 21.7 Å². The van der Waals surface area contributed by atoms with Gasteiger partial charge in [0.05, 0.1) is 0 Å². The Balaban J connectivity index is 1.17. The molecular weight excluding hydrogens is 695 g/mol. The summed E-state index contributed by atoms with van der Waals surface area (Å²) in [5.74, 6) is -0.904. The molecule has 4 rings (SSSR count). The summed E-state index contributed by atoms with van der Waals surface area (Å²) in [6, 6.07) is 0.340. The maximum atomic E-state index is 12.4. The highest BCUT2D eigenvalue weighted by atomic mass is 35.5. The van der Waals surface area contributed by atoms with Crippen LogP contribution in [-0.4, -0.2) is 90.8 Å². The second-order valence-corrected chi connectivity index (χ2v) is 11.4. The number of nitrogens with zero attached hydrogens (tertiary/aromatic N) is 9. The summed E-state index contributed by atoms with van der Waals surface area (Å²) in [5.41, 5.74) is 33.6. The van der Waals surface area contributed by atoms with Crippen LogP contribution in [0.3, 0.4) is 0 Å². The van der Waals surface area contributed by atoms with Crippen molar-refractivity contribution in [1.82, 2.24) is 45.5 Å². The van der Waals surface area contributed by atoms with E-state index in [-0.39, 0.29) is 56.9 Å². The van der Waals surface area contributed by atoms with Crippen molar-refractivity contribution in [3.8, 4) is 0 Å². The molecule has 3 heterocycles. The van der Waals surface area contributed by atoms with Gasteiger partial charge in [0.15, 0.2) is 56.9 Å². The van der Waals surface area contributed by atoms with Gasteiger partial charge in [-0.15, -0.1) is 0 Å². The molecule has 3 aromatic rings. The number of amides is 2. The van der Waals surface area contributed by atoms with Crippen LogP contribution in [0.2, 0.25) is 10.3 Å².